The van der Waals surface area contributed by atoms with Crippen molar-refractivity contribution in [3.05, 3.63) is 56.0 Å². The molecule has 2 aromatic heterocycles. The van der Waals surface area contributed by atoms with Crippen molar-refractivity contribution >= 4 is 22.7 Å². The highest BCUT2D eigenvalue weighted by Gasteiger charge is 2.37. The Kier molecular flexibility index (Phi) is 7.24. The van der Waals surface area contributed by atoms with Crippen molar-refractivity contribution in [1.29, 1.82) is 0 Å². The number of aromatic amines is 1. The first-order valence-corrected chi connectivity index (χ1v) is 11.7. The molecule has 0 bridgehead atoms. The molecule has 0 saturated carbocycles. The first-order valence-electron chi connectivity index (χ1n) is 11.7. The number of benzene rings is 1. The van der Waals surface area contributed by atoms with Crippen LogP contribution in [0.5, 0.6) is 5.75 Å². The largest absolute Gasteiger partial charge is 0.497 e. The minimum absolute atomic E-state index is 0.0901. The second-order valence-electron chi connectivity index (χ2n) is 10.1. The molecule has 1 saturated heterocycles. The molecule has 13 heteroatoms. The third-order valence-electron chi connectivity index (χ3n) is 6.38. The second-order valence-corrected chi connectivity index (χ2v) is 10.1. The average Bonchev–Trinajstić information content (AvgIpc) is 3.38. The smallest absolute Gasteiger partial charge is 0.275 e. The van der Waals surface area contributed by atoms with Gasteiger partial charge in [0.2, 0.25) is 5.95 Å². The number of hydrogen-bond donors (Lipinski definition) is 4. The van der Waals surface area contributed by atoms with Crippen LogP contribution in [-0.4, -0.2) is 55.6 Å². The first-order chi connectivity index (χ1) is 17.4. The minimum Gasteiger partial charge on any atom is -0.497 e. The van der Waals surface area contributed by atoms with E-state index in [0.29, 0.717) is 16.9 Å². The van der Waals surface area contributed by atoms with Crippen LogP contribution in [0.4, 0.5) is 11.6 Å². The highest BCUT2D eigenvalue weighted by atomic mass is 16.6. The van der Waals surface area contributed by atoms with Crippen LogP contribution in [0.1, 0.15) is 50.7 Å². The molecule has 3 heterocycles. The van der Waals surface area contributed by atoms with E-state index in [1.807, 2.05) is 20.8 Å². The van der Waals surface area contributed by atoms with Crippen molar-refractivity contribution in [3.63, 3.8) is 0 Å². The highest BCUT2D eigenvalue weighted by molar-refractivity contribution is 5.80. The number of rotatable bonds is 8. The van der Waals surface area contributed by atoms with Gasteiger partial charge in [-0.1, -0.05) is 20.8 Å². The van der Waals surface area contributed by atoms with Crippen molar-refractivity contribution in [1.82, 2.24) is 14.5 Å². The summed E-state index contributed by atoms with van der Waals surface area (Å²) in [6.07, 6.45) is -1.32. The number of methoxy groups -OCH3 is 1. The Hall–Kier alpha value is -3.52. The molecule has 4 atom stereocenters. The zero-order valence-electron chi connectivity index (χ0n) is 21.0. The van der Waals surface area contributed by atoms with E-state index in [2.05, 4.69) is 9.97 Å². The molecule has 1 unspecified atom stereocenters. The summed E-state index contributed by atoms with van der Waals surface area (Å²) >= 11 is 0. The number of nitro benzene ring substituents is 1. The third kappa shape index (κ3) is 5.16. The summed E-state index contributed by atoms with van der Waals surface area (Å²) < 4.78 is 18.9. The van der Waals surface area contributed by atoms with Gasteiger partial charge in [-0.3, -0.25) is 19.9 Å². The van der Waals surface area contributed by atoms with Gasteiger partial charge in [0.1, 0.15) is 18.1 Å². The fraction of sp³-hybridized carbons (Fsp3) is 0.500. The van der Waals surface area contributed by atoms with Crippen molar-refractivity contribution in [2.24, 2.45) is 5.41 Å². The number of hydrogen-bond acceptors (Lipinski definition) is 10. The van der Waals surface area contributed by atoms with Gasteiger partial charge in [0.15, 0.2) is 5.65 Å². The Morgan fingerprint density at radius 2 is 2.14 bits per heavy atom. The predicted molar refractivity (Wildman–Crippen MR) is 133 cm³/mol. The SMILES string of the molecule is COc1ccc([N+](=O)[O-])c([C@@H](OCc2cn([C@H]3CC(O)[C@@H](CO)O3)c3nc(N)[nH]c(=O)c23)C(C)(C)C)c1. The average molecular weight is 518 g/mol. The molecule has 37 heavy (non-hydrogen) atoms. The summed E-state index contributed by atoms with van der Waals surface area (Å²) in [7, 11) is 1.47. The summed E-state index contributed by atoms with van der Waals surface area (Å²) in [4.78, 5) is 31.0. The lowest BCUT2D eigenvalue weighted by atomic mass is 9.83. The number of aliphatic hydroxyl groups is 2. The van der Waals surface area contributed by atoms with Crippen LogP contribution < -0.4 is 16.0 Å². The molecule has 0 spiro atoms. The Morgan fingerprint density at radius 1 is 1.41 bits per heavy atom. The summed E-state index contributed by atoms with van der Waals surface area (Å²) in [6.45, 7) is 5.22. The Balaban J connectivity index is 1.76. The molecule has 1 aliphatic heterocycles. The lowest BCUT2D eigenvalue weighted by molar-refractivity contribution is -0.386. The molecule has 13 nitrogen and oxygen atoms in total. The molecule has 5 N–H and O–H groups in total. The summed E-state index contributed by atoms with van der Waals surface area (Å²) in [5.74, 6) is 0.350. The molecule has 0 amide bonds. The van der Waals surface area contributed by atoms with Crippen molar-refractivity contribution in [2.45, 2.75) is 58.3 Å². The maximum absolute atomic E-state index is 12.9. The summed E-state index contributed by atoms with van der Waals surface area (Å²) in [6, 6.07) is 4.47. The molecule has 0 aliphatic carbocycles. The number of anilines is 1. The maximum atomic E-state index is 12.9. The van der Waals surface area contributed by atoms with Gasteiger partial charge in [-0.15, -0.1) is 0 Å². The summed E-state index contributed by atoms with van der Waals surface area (Å²) in [5, 5.41) is 31.7. The van der Waals surface area contributed by atoms with E-state index < -0.39 is 40.4 Å². The van der Waals surface area contributed by atoms with E-state index in [1.165, 1.54) is 19.2 Å². The zero-order valence-corrected chi connectivity index (χ0v) is 21.0. The van der Waals surface area contributed by atoms with Gasteiger partial charge < -0.3 is 34.7 Å². The Labute approximate surface area is 211 Å². The molecule has 1 aromatic carbocycles. The molecule has 200 valence electrons. The molecule has 1 aliphatic rings. The van der Waals surface area contributed by atoms with Crippen LogP contribution in [0.3, 0.4) is 0 Å². The molecule has 1 fully saturated rings. The van der Waals surface area contributed by atoms with Crippen LogP contribution in [0.25, 0.3) is 11.0 Å². The van der Waals surface area contributed by atoms with Crippen LogP contribution >= 0.6 is 0 Å². The summed E-state index contributed by atoms with van der Waals surface area (Å²) in [5.41, 5.74) is 5.64. The normalized spacial score (nSPS) is 20.9. The Bertz CT molecular complexity index is 1360. The number of nitrogens with one attached hydrogen (secondary N) is 1. The minimum atomic E-state index is -0.898. The second kappa shape index (κ2) is 10.1. The standard InChI is InChI=1S/C24H31N5O8/c1-24(2,3)20(14-7-13(35-4)5-6-15(14)29(33)34)36-11-12-9-28(18-8-16(31)17(10-30)37-18)21-19(12)22(32)27-23(25)26-21/h5-7,9,16-18,20,30-31H,8,10-11H2,1-4H3,(H3,25,26,27,32)/t16?,17-,18-,20-/m1/s1. The molecule has 3 aromatic rings. The van der Waals surface area contributed by atoms with E-state index >= 15 is 0 Å². The van der Waals surface area contributed by atoms with Crippen molar-refractivity contribution in [2.75, 3.05) is 19.5 Å². The van der Waals surface area contributed by atoms with Crippen molar-refractivity contribution < 1.29 is 29.3 Å². The number of ether oxygens (including phenoxy) is 3. The Morgan fingerprint density at radius 3 is 2.73 bits per heavy atom. The molecule has 4 rings (SSSR count). The maximum Gasteiger partial charge on any atom is 0.275 e. The lowest BCUT2D eigenvalue weighted by Crippen LogP contribution is -2.24. The molecular formula is C24H31N5O8. The topological polar surface area (TPSA) is 188 Å². The van der Waals surface area contributed by atoms with E-state index in [0.717, 1.165) is 0 Å². The number of nitrogens with two attached hydrogens (primary N) is 1. The van der Waals surface area contributed by atoms with E-state index in [9.17, 15) is 25.1 Å². The first kappa shape index (κ1) is 26.5. The van der Waals surface area contributed by atoms with Gasteiger partial charge in [0.25, 0.3) is 11.2 Å². The number of nitro groups is 1. The fourth-order valence-electron chi connectivity index (χ4n) is 4.64. The number of nitrogen functional groups attached to an aromatic ring is 1. The third-order valence-corrected chi connectivity index (χ3v) is 6.38. The number of H-pyrrole nitrogens is 1. The quantitative estimate of drug-likeness (QED) is 0.255. The fourth-order valence-corrected chi connectivity index (χ4v) is 4.64. The highest BCUT2D eigenvalue weighted by Crippen LogP contribution is 2.42. The van der Waals surface area contributed by atoms with E-state index in [1.54, 1.807) is 16.8 Å². The van der Waals surface area contributed by atoms with Crippen LogP contribution in [-0.2, 0) is 16.1 Å². The molecular weight excluding hydrogens is 486 g/mol. The number of nitrogens with zero attached hydrogens (tertiary/aromatic N) is 3. The van der Waals surface area contributed by atoms with Gasteiger partial charge in [-0.25, -0.2) is 0 Å². The lowest BCUT2D eigenvalue weighted by Gasteiger charge is -2.31. The predicted octanol–water partition coefficient (Wildman–Crippen LogP) is 2.17. The van der Waals surface area contributed by atoms with Gasteiger partial charge in [0, 0.05) is 24.2 Å². The van der Waals surface area contributed by atoms with Crippen LogP contribution in [0.15, 0.2) is 29.2 Å². The van der Waals surface area contributed by atoms with Crippen LogP contribution in [0.2, 0.25) is 0 Å². The van der Waals surface area contributed by atoms with Crippen molar-refractivity contribution in [3.8, 4) is 5.75 Å². The van der Waals surface area contributed by atoms with E-state index in [4.69, 9.17) is 19.9 Å². The zero-order chi connectivity index (χ0) is 27.1. The van der Waals surface area contributed by atoms with Crippen LogP contribution in [0, 0.1) is 15.5 Å². The monoisotopic (exact) mass is 517 g/mol. The molecule has 0 radical (unpaired) electrons. The van der Waals surface area contributed by atoms with Gasteiger partial charge in [0.05, 0.1) is 48.4 Å². The van der Waals surface area contributed by atoms with Gasteiger partial charge in [-0.2, -0.15) is 4.98 Å². The van der Waals surface area contributed by atoms with Gasteiger partial charge >= 0.3 is 0 Å². The number of aliphatic hydroxyl groups excluding tert-OH is 2. The van der Waals surface area contributed by atoms with E-state index in [-0.39, 0.29) is 42.3 Å². The van der Waals surface area contributed by atoms with Gasteiger partial charge in [-0.05, 0) is 17.5 Å². The number of aromatic nitrogens is 3. The number of fused-ring (bicyclic) bond motifs is 1.